The zero-order valence-corrected chi connectivity index (χ0v) is 11.3. The molecule has 1 aromatic carbocycles. The smallest absolute Gasteiger partial charge is 0.127 e. The van der Waals surface area contributed by atoms with Crippen LogP contribution in [0, 0.1) is 16.9 Å². The maximum absolute atomic E-state index is 6.09. The van der Waals surface area contributed by atoms with Crippen LogP contribution in [0.2, 0.25) is 0 Å². The summed E-state index contributed by atoms with van der Waals surface area (Å²) in [7, 11) is 0. The lowest BCUT2D eigenvalue weighted by molar-refractivity contribution is -0.00188. The van der Waals surface area contributed by atoms with Crippen LogP contribution in [0.3, 0.4) is 0 Å². The molecule has 1 aromatic rings. The van der Waals surface area contributed by atoms with Gasteiger partial charge in [0.1, 0.15) is 11.9 Å². The number of ether oxygens (including phenoxy) is 1. The van der Waals surface area contributed by atoms with Gasteiger partial charge in [-0.15, -0.1) is 0 Å². The highest BCUT2D eigenvalue weighted by Gasteiger charge is 2.36. The fourth-order valence-corrected chi connectivity index (χ4v) is 2.23. The highest BCUT2D eigenvalue weighted by molar-refractivity contribution is 5.20. The van der Waals surface area contributed by atoms with Crippen molar-refractivity contribution in [2.24, 2.45) is 10.8 Å². The van der Waals surface area contributed by atoms with Gasteiger partial charge in [-0.3, -0.25) is 0 Å². The summed E-state index contributed by atoms with van der Waals surface area (Å²) >= 11 is 0. The molecule has 0 heterocycles. The monoisotopic (exact) mass is 219 g/mol. The first-order valence-corrected chi connectivity index (χ1v) is 5.84. The fraction of sp³-hybridized carbons (Fsp3) is 0.600. The van der Waals surface area contributed by atoms with E-state index in [9.17, 15) is 0 Å². The van der Waals surface area contributed by atoms with Gasteiger partial charge in [0.15, 0.2) is 0 Å². The first kappa shape index (κ1) is 13.1. The zero-order valence-electron chi connectivity index (χ0n) is 11.3. The SMILES string of the molecule is CC(C)(C)C(Oc1[c]cccc1)C(C)(C)C. The van der Waals surface area contributed by atoms with Crippen molar-refractivity contribution in [2.75, 3.05) is 0 Å². The first-order valence-electron chi connectivity index (χ1n) is 5.84. The lowest BCUT2D eigenvalue weighted by Gasteiger charge is -2.40. The van der Waals surface area contributed by atoms with Gasteiger partial charge in [0.25, 0.3) is 0 Å². The second-order valence-corrected chi connectivity index (χ2v) is 6.46. The Balaban J connectivity index is 2.89. The molecule has 0 saturated heterocycles. The molecule has 0 unspecified atom stereocenters. The van der Waals surface area contributed by atoms with Crippen molar-refractivity contribution in [1.82, 2.24) is 0 Å². The fourth-order valence-electron chi connectivity index (χ4n) is 2.23. The number of rotatable bonds is 2. The van der Waals surface area contributed by atoms with E-state index in [4.69, 9.17) is 4.74 Å². The average Bonchev–Trinajstić information content (AvgIpc) is 2.12. The molecule has 1 rings (SSSR count). The van der Waals surface area contributed by atoms with Crippen LogP contribution >= 0.6 is 0 Å². The minimum absolute atomic E-state index is 0.113. The van der Waals surface area contributed by atoms with Crippen molar-refractivity contribution in [3.05, 3.63) is 30.3 Å². The first-order chi connectivity index (χ1) is 7.21. The number of hydrogen-bond donors (Lipinski definition) is 0. The molecule has 0 aliphatic heterocycles. The Bertz CT molecular complexity index is 300. The Hall–Kier alpha value is -0.980. The highest BCUT2D eigenvalue weighted by Crippen LogP contribution is 2.36. The predicted octanol–water partition coefficient (Wildman–Crippen LogP) is 4.33. The van der Waals surface area contributed by atoms with Gasteiger partial charge in [0.2, 0.25) is 0 Å². The molecular formula is C15H23O. The molecule has 16 heavy (non-hydrogen) atoms. The third kappa shape index (κ3) is 3.55. The molecule has 1 radical (unpaired) electrons. The molecule has 0 aromatic heterocycles. The minimum Gasteiger partial charge on any atom is -0.489 e. The summed E-state index contributed by atoms with van der Waals surface area (Å²) in [5.41, 5.74) is 0.226. The summed E-state index contributed by atoms with van der Waals surface area (Å²) in [6, 6.07) is 10.9. The van der Waals surface area contributed by atoms with Crippen molar-refractivity contribution >= 4 is 0 Å². The molecule has 0 spiro atoms. The Kier molecular flexibility index (Phi) is 3.67. The zero-order chi connectivity index (χ0) is 12.4. The quantitative estimate of drug-likeness (QED) is 0.719. The van der Waals surface area contributed by atoms with Gasteiger partial charge in [-0.05, 0) is 16.9 Å². The van der Waals surface area contributed by atoms with Crippen LogP contribution in [0.15, 0.2) is 24.3 Å². The average molecular weight is 219 g/mol. The predicted molar refractivity (Wildman–Crippen MR) is 68.6 cm³/mol. The van der Waals surface area contributed by atoms with Crippen molar-refractivity contribution in [1.29, 1.82) is 0 Å². The maximum atomic E-state index is 6.09. The largest absolute Gasteiger partial charge is 0.489 e. The number of hydrogen-bond acceptors (Lipinski definition) is 1. The Morgan fingerprint density at radius 3 is 1.94 bits per heavy atom. The van der Waals surface area contributed by atoms with Gasteiger partial charge in [-0.25, -0.2) is 0 Å². The van der Waals surface area contributed by atoms with Gasteiger partial charge >= 0.3 is 0 Å². The van der Waals surface area contributed by atoms with Crippen LogP contribution in [0.1, 0.15) is 41.5 Å². The molecule has 0 atom stereocenters. The van der Waals surface area contributed by atoms with Gasteiger partial charge < -0.3 is 4.74 Å². The van der Waals surface area contributed by atoms with Gasteiger partial charge in [0, 0.05) is 6.07 Å². The van der Waals surface area contributed by atoms with E-state index in [1.165, 1.54) is 0 Å². The Morgan fingerprint density at radius 2 is 1.56 bits per heavy atom. The molecule has 89 valence electrons. The molecule has 1 nitrogen and oxygen atoms in total. The minimum atomic E-state index is 0.113. The van der Waals surface area contributed by atoms with Crippen LogP contribution in [-0.2, 0) is 0 Å². The van der Waals surface area contributed by atoms with E-state index in [0.717, 1.165) is 5.75 Å². The van der Waals surface area contributed by atoms with Crippen LogP contribution in [0.4, 0.5) is 0 Å². The molecule has 0 bridgehead atoms. The van der Waals surface area contributed by atoms with Crippen molar-refractivity contribution in [3.63, 3.8) is 0 Å². The third-order valence-electron chi connectivity index (χ3n) is 2.50. The van der Waals surface area contributed by atoms with Crippen LogP contribution in [0.5, 0.6) is 5.75 Å². The van der Waals surface area contributed by atoms with Crippen LogP contribution in [-0.4, -0.2) is 6.10 Å². The van der Waals surface area contributed by atoms with Crippen molar-refractivity contribution in [2.45, 2.75) is 47.6 Å². The van der Waals surface area contributed by atoms with Gasteiger partial charge in [-0.1, -0.05) is 59.7 Å². The second-order valence-electron chi connectivity index (χ2n) is 6.46. The standard InChI is InChI=1S/C15H23O/c1-14(2,3)13(15(4,5)6)16-12-10-8-7-9-11-12/h7-10,13H,1-6H3. The molecule has 0 amide bonds. The van der Waals surface area contributed by atoms with E-state index in [0.29, 0.717) is 0 Å². The molecule has 0 aliphatic carbocycles. The van der Waals surface area contributed by atoms with E-state index >= 15 is 0 Å². The van der Waals surface area contributed by atoms with E-state index in [-0.39, 0.29) is 16.9 Å². The Labute approximate surface area is 99.8 Å². The molecule has 0 fully saturated rings. The van der Waals surface area contributed by atoms with E-state index in [1.54, 1.807) is 0 Å². The normalized spacial score (nSPS) is 12.9. The summed E-state index contributed by atoms with van der Waals surface area (Å²) in [5.74, 6) is 0.831. The lowest BCUT2D eigenvalue weighted by atomic mass is 9.74. The van der Waals surface area contributed by atoms with Crippen molar-refractivity contribution < 1.29 is 4.74 Å². The van der Waals surface area contributed by atoms with Crippen LogP contribution < -0.4 is 4.74 Å². The van der Waals surface area contributed by atoms with E-state index in [2.05, 4.69) is 47.6 Å². The molecule has 0 saturated carbocycles. The number of benzene rings is 1. The van der Waals surface area contributed by atoms with Crippen molar-refractivity contribution in [3.8, 4) is 5.75 Å². The molecule has 0 N–H and O–H groups in total. The molecule has 1 heteroatoms. The summed E-state index contributed by atoms with van der Waals surface area (Å²) in [4.78, 5) is 0. The molecular weight excluding hydrogens is 196 g/mol. The molecule has 0 aliphatic rings. The summed E-state index contributed by atoms with van der Waals surface area (Å²) < 4.78 is 6.09. The lowest BCUT2D eigenvalue weighted by Crippen LogP contribution is -2.42. The summed E-state index contributed by atoms with van der Waals surface area (Å²) in [6.45, 7) is 13.3. The third-order valence-corrected chi connectivity index (χ3v) is 2.50. The van der Waals surface area contributed by atoms with Gasteiger partial charge in [-0.2, -0.15) is 0 Å². The summed E-state index contributed by atoms with van der Waals surface area (Å²) in [6.07, 6.45) is 0.165. The highest BCUT2D eigenvalue weighted by atomic mass is 16.5. The second kappa shape index (κ2) is 4.48. The number of para-hydroxylation sites is 1. The van der Waals surface area contributed by atoms with Crippen LogP contribution in [0.25, 0.3) is 0 Å². The van der Waals surface area contributed by atoms with E-state index < -0.39 is 0 Å². The maximum Gasteiger partial charge on any atom is 0.127 e. The Morgan fingerprint density at radius 1 is 1.00 bits per heavy atom. The van der Waals surface area contributed by atoms with E-state index in [1.807, 2.05) is 24.3 Å². The van der Waals surface area contributed by atoms with Gasteiger partial charge in [0.05, 0.1) is 0 Å². The topological polar surface area (TPSA) is 9.23 Å². The summed E-state index contributed by atoms with van der Waals surface area (Å²) in [5, 5.41) is 0.